The van der Waals surface area contributed by atoms with E-state index >= 15 is 0 Å². The fraction of sp³-hybridized carbons (Fsp3) is 0.105. The molecule has 5 nitrogen and oxygen atoms in total. The predicted octanol–water partition coefficient (Wildman–Crippen LogP) is 3.16. The summed E-state index contributed by atoms with van der Waals surface area (Å²) in [6, 6.07) is 13.9. The first-order valence-corrected chi connectivity index (χ1v) is 7.57. The first kappa shape index (κ1) is 14.2. The normalized spacial score (nSPS) is 16.4. The molecule has 5 heteroatoms. The Hall–Kier alpha value is -3.39. The maximum atomic E-state index is 9.58. The van der Waals surface area contributed by atoms with Crippen molar-refractivity contribution in [3.63, 3.8) is 0 Å². The second kappa shape index (κ2) is 5.36. The Morgan fingerprint density at radius 3 is 2.62 bits per heavy atom. The molecule has 0 aliphatic carbocycles. The minimum Gasteiger partial charge on any atom is -0.438 e. The van der Waals surface area contributed by atoms with Gasteiger partial charge in [0.05, 0.1) is 5.92 Å². The monoisotopic (exact) mass is 314 g/mol. The van der Waals surface area contributed by atoms with Crippen molar-refractivity contribution in [3.05, 3.63) is 77.1 Å². The zero-order valence-electron chi connectivity index (χ0n) is 13.0. The van der Waals surface area contributed by atoms with Crippen molar-refractivity contribution in [2.75, 3.05) is 0 Å². The molecule has 0 bridgehead atoms. The van der Waals surface area contributed by atoms with Gasteiger partial charge in [0.2, 0.25) is 5.88 Å². The van der Waals surface area contributed by atoms with Crippen molar-refractivity contribution >= 4 is 10.9 Å². The smallest absolute Gasteiger partial charge is 0.205 e. The largest absolute Gasteiger partial charge is 0.438 e. The molecule has 0 spiro atoms. The molecule has 1 aliphatic heterocycles. The van der Waals surface area contributed by atoms with E-state index in [1.807, 2.05) is 43.3 Å². The van der Waals surface area contributed by atoms with Crippen molar-refractivity contribution in [2.24, 2.45) is 5.73 Å². The molecular formula is C19H14N4O. The van der Waals surface area contributed by atoms with Crippen LogP contribution in [-0.2, 0) is 0 Å². The molecular weight excluding hydrogens is 300 g/mol. The first-order valence-electron chi connectivity index (χ1n) is 7.57. The third kappa shape index (κ3) is 2.09. The molecule has 1 aromatic carbocycles. The second-order valence-corrected chi connectivity index (χ2v) is 5.71. The topological polar surface area (TPSA) is 84.8 Å². The lowest BCUT2D eigenvalue weighted by Gasteiger charge is -2.27. The van der Waals surface area contributed by atoms with Crippen LogP contribution in [-0.4, -0.2) is 9.97 Å². The molecule has 0 radical (unpaired) electrons. The molecule has 2 N–H and O–H groups in total. The highest BCUT2D eigenvalue weighted by Crippen LogP contribution is 2.44. The van der Waals surface area contributed by atoms with E-state index in [4.69, 9.17) is 10.5 Å². The molecule has 3 aromatic rings. The number of hydrogen-bond acceptors (Lipinski definition) is 5. The molecule has 4 rings (SSSR count). The fourth-order valence-electron chi connectivity index (χ4n) is 3.09. The van der Waals surface area contributed by atoms with Crippen LogP contribution in [0, 0.1) is 18.3 Å². The van der Waals surface area contributed by atoms with Gasteiger partial charge in [-0.1, -0.05) is 18.2 Å². The highest BCUT2D eigenvalue weighted by Gasteiger charge is 2.32. The van der Waals surface area contributed by atoms with Gasteiger partial charge in [-0.2, -0.15) is 5.26 Å². The van der Waals surface area contributed by atoms with Crippen LogP contribution in [0.4, 0.5) is 0 Å². The average molecular weight is 314 g/mol. The zero-order chi connectivity index (χ0) is 16.7. The van der Waals surface area contributed by atoms with Crippen LogP contribution < -0.4 is 10.5 Å². The number of nitrogens with two attached hydrogens (primary N) is 1. The van der Waals surface area contributed by atoms with Crippen molar-refractivity contribution in [3.8, 4) is 11.8 Å². The SMILES string of the molecule is Cc1ccc2ccc3c(c2n1)OC(N)=C(C#N)C3c1ccncc1. The van der Waals surface area contributed by atoms with E-state index in [-0.39, 0.29) is 11.8 Å². The molecule has 0 amide bonds. The van der Waals surface area contributed by atoms with Crippen molar-refractivity contribution in [1.82, 2.24) is 9.97 Å². The summed E-state index contributed by atoms with van der Waals surface area (Å²) in [6.45, 7) is 1.93. The lowest BCUT2D eigenvalue weighted by atomic mass is 9.83. The number of benzene rings is 1. The van der Waals surface area contributed by atoms with Crippen LogP contribution >= 0.6 is 0 Å². The van der Waals surface area contributed by atoms with Gasteiger partial charge in [-0.3, -0.25) is 4.98 Å². The number of ether oxygens (including phenoxy) is 1. The van der Waals surface area contributed by atoms with E-state index in [1.165, 1.54) is 0 Å². The van der Waals surface area contributed by atoms with Gasteiger partial charge in [-0.05, 0) is 30.7 Å². The Labute approximate surface area is 139 Å². The van der Waals surface area contributed by atoms with Gasteiger partial charge in [-0.25, -0.2) is 4.98 Å². The number of nitrogens with zero attached hydrogens (tertiary/aromatic N) is 3. The third-order valence-corrected chi connectivity index (χ3v) is 4.22. The van der Waals surface area contributed by atoms with Gasteiger partial charge in [0.15, 0.2) is 5.75 Å². The third-order valence-electron chi connectivity index (χ3n) is 4.22. The number of rotatable bonds is 1. The molecule has 1 aliphatic rings. The Morgan fingerprint density at radius 1 is 1.12 bits per heavy atom. The van der Waals surface area contributed by atoms with Crippen molar-refractivity contribution in [2.45, 2.75) is 12.8 Å². The number of allylic oxidation sites excluding steroid dienone is 1. The number of hydrogen-bond donors (Lipinski definition) is 1. The fourth-order valence-corrected chi connectivity index (χ4v) is 3.09. The molecule has 1 unspecified atom stereocenters. The number of fused-ring (bicyclic) bond motifs is 3. The maximum Gasteiger partial charge on any atom is 0.205 e. The number of pyridine rings is 2. The summed E-state index contributed by atoms with van der Waals surface area (Å²) in [6.07, 6.45) is 3.41. The standard InChI is InChI=1S/C19H14N4O/c1-11-2-3-13-4-5-14-16(12-6-8-22-9-7-12)15(10-20)19(21)24-18(14)17(13)23-11/h2-9,16H,21H2,1H3. The van der Waals surface area contributed by atoms with E-state index in [9.17, 15) is 5.26 Å². The number of aromatic nitrogens is 2. The Balaban J connectivity index is 2.03. The summed E-state index contributed by atoms with van der Waals surface area (Å²) in [5.41, 5.74) is 9.94. The molecule has 0 saturated heterocycles. The van der Waals surface area contributed by atoms with Gasteiger partial charge in [0.1, 0.15) is 17.2 Å². The van der Waals surface area contributed by atoms with Crippen LogP contribution in [0.3, 0.4) is 0 Å². The summed E-state index contributed by atoms with van der Waals surface area (Å²) >= 11 is 0. The maximum absolute atomic E-state index is 9.58. The van der Waals surface area contributed by atoms with Gasteiger partial charge in [0.25, 0.3) is 0 Å². The van der Waals surface area contributed by atoms with Crippen LogP contribution in [0.5, 0.6) is 5.75 Å². The average Bonchev–Trinajstić information content (AvgIpc) is 2.61. The minimum absolute atomic E-state index is 0.127. The summed E-state index contributed by atoms with van der Waals surface area (Å²) < 4.78 is 5.81. The molecule has 3 heterocycles. The predicted molar refractivity (Wildman–Crippen MR) is 90.0 cm³/mol. The van der Waals surface area contributed by atoms with E-state index in [1.54, 1.807) is 12.4 Å². The van der Waals surface area contributed by atoms with Crippen LogP contribution in [0.1, 0.15) is 22.7 Å². The van der Waals surface area contributed by atoms with E-state index in [0.29, 0.717) is 11.3 Å². The highest BCUT2D eigenvalue weighted by atomic mass is 16.5. The quantitative estimate of drug-likeness (QED) is 0.745. The van der Waals surface area contributed by atoms with E-state index in [2.05, 4.69) is 16.0 Å². The summed E-state index contributed by atoms with van der Waals surface area (Å²) in [5.74, 6) is 0.464. The summed E-state index contributed by atoms with van der Waals surface area (Å²) in [7, 11) is 0. The molecule has 2 aromatic heterocycles. The van der Waals surface area contributed by atoms with Gasteiger partial charge >= 0.3 is 0 Å². The summed E-state index contributed by atoms with van der Waals surface area (Å²) in [4.78, 5) is 8.66. The molecule has 116 valence electrons. The number of nitriles is 1. The van der Waals surface area contributed by atoms with Crippen molar-refractivity contribution < 1.29 is 4.74 Å². The van der Waals surface area contributed by atoms with Gasteiger partial charge in [-0.15, -0.1) is 0 Å². The Kier molecular flexibility index (Phi) is 3.17. The molecule has 24 heavy (non-hydrogen) atoms. The van der Waals surface area contributed by atoms with Crippen LogP contribution in [0.2, 0.25) is 0 Å². The van der Waals surface area contributed by atoms with E-state index < -0.39 is 0 Å². The van der Waals surface area contributed by atoms with E-state index in [0.717, 1.165) is 27.7 Å². The Bertz CT molecular complexity index is 1020. The lowest BCUT2D eigenvalue weighted by Crippen LogP contribution is -2.21. The van der Waals surface area contributed by atoms with Gasteiger partial charge in [0, 0.05) is 29.0 Å². The lowest BCUT2D eigenvalue weighted by molar-refractivity contribution is 0.397. The minimum atomic E-state index is -0.284. The van der Waals surface area contributed by atoms with Crippen molar-refractivity contribution in [1.29, 1.82) is 5.26 Å². The second-order valence-electron chi connectivity index (χ2n) is 5.71. The zero-order valence-corrected chi connectivity index (χ0v) is 13.0. The summed E-state index contributed by atoms with van der Waals surface area (Å²) in [5, 5.41) is 10.6. The number of aryl methyl sites for hydroxylation is 1. The van der Waals surface area contributed by atoms with Crippen LogP contribution in [0.15, 0.2) is 60.2 Å². The first-order chi connectivity index (χ1) is 11.7. The molecule has 0 saturated carbocycles. The van der Waals surface area contributed by atoms with Crippen LogP contribution in [0.25, 0.3) is 10.9 Å². The highest BCUT2D eigenvalue weighted by molar-refractivity contribution is 5.87. The molecule has 0 fully saturated rings. The Morgan fingerprint density at radius 2 is 1.88 bits per heavy atom. The molecule has 1 atom stereocenters. The van der Waals surface area contributed by atoms with Gasteiger partial charge < -0.3 is 10.5 Å².